The minimum Gasteiger partial charge on any atom is -0.756 e. The Labute approximate surface area is 444 Å². The van der Waals surface area contributed by atoms with Gasteiger partial charge >= 0.3 is 5.97 Å². The average molecular weight is 1030 g/mol. The number of amides is 1. The molecule has 0 fully saturated rings. The highest BCUT2D eigenvalue weighted by atomic mass is 31.2. The smallest absolute Gasteiger partial charge is 0.306 e. The van der Waals surface area contributed by atoms with Gasteiger partial charge in [-0.15, -0.1) is 0 Å². The van der Waals surface area contributed by atoms with Crippen LogP contribution in [0, 0.1) is 0 Å². The van der Waals surface area contributed by atoms with Gasteiger partial charge in [-0.3, -0.25) is 14.2 Å². The first-order valence-corrected chi connectivity index (χ1v) is 31.2. The largest absolute Gasteiger partial charge is 0.756 e. The quantitative estimate of drug-likeness (QED) is 0.0212. The van der Waals surface area contributed by atoms with E-state index in [4.69, 9.17) is 13.8 Å². The molecule has 0 aliphatic heterocycles. The minimum atomic E-state index is -4.71. The van der Waals surface area contributed by atoms with Gasteiger partial charge in [-0.25, -0.2) is 0 Å². The number of nitrogens with one attached hydrogen (secondary N) is 1. The van der Waals surface area contributed by atoms with Crippen molar-refractivity contribution in [2.24, 2.45) is 0 Å². The van der Waals surface area contributed by atoms with Gasteiger partial charge in [-0.2, -0.15) is 0 Å². The Kier molecular flexibility index (Phi) is 50.1. The molecule has 3 unspecified atom stereocenters. The van der Waals surface area contributed by atoms with Crippen LogP contribution in [0.3, 0.4) is 0 Å². The number of nitrogens with zero attached hydrogens (tertiary/aromatic N) is 1. The van der Waals surface area contributed by atoms with Gasteiger partial charge < -0.3 is 28.5 Å². The zero-order chi connectivity index (χ0) is 52.9. The number of hydrogen-bond donors (Lipinski definition) is 1. The van der Waals surface area contributed by atoms with Crippen molar-refractivity contribution in [3.63, 3.8) is 0 Å². The molecular formula is C62H113N2O7P. The second-order valence-corrected chi connectivity index (χ2v) is 22.5. The van der Waals surface area contributed by atoms with Crippen molar-refractivity contribution in [2.75, 3.05) is 40.9 Å². The third-order valence-corrected chi connectivity index (χ3v) is 13.8. The molecule has 418 valence electrons. The summed E-state index contributed by atoms with van der Waals surface area (Å²) >= 11 is 0. The summed E-state index contributed by atoms with van der Waals surface area (Å²) in [6.45, 7) is 6.70. The summed E-state index contributed by atoms with van der Waals surface area (Å²) in [5.74, 6) is -0.581. The fourth-order valence-corrected chi connectivity index (χ4v) is 8.99. The summed E-state index contributed by atoms with van der Waals surface area (Å²) in [5.41, 5.74) is 0. The average Bonchev–Trinajstić information content (AvgIpc) is 3.34. The number of quaternary nitrogens is 1. The minimum absolute atomic E-state index is 0.0316. The predicted molar refractivity (Wildman–Crippen MR) is 307 cm³/mol. The van der Waals surface area contributed by atoms with E-state index in [1.54, 1.807) is 0 Å². The number of rotatable bonds is 53. The number of unbranched alkanes of at least 4 members (excludes halogenated alkanes) is 27. The van der Waals surface area contributed by atoms with E-state index in [9.17, 15) is 19.0 Å². The molecule has 0 rings (SSSR count). The van der Waals surface area contributed by atoms with E-state index in [1.807, 2.05) is 33.3 Å². The molecule has 0 spiro atoms. The molecule has 0 saturated carbocycles. The van der Waals surface area contributed by atoms with Gasteiger partial charge in [0.05, 0.1) is 33.8 Å². The maximum atomic E-state index is 13.5. The summed E-state index contributed by atoms with van der Waals surface area (Å²) in [6.07, 6.45) is 65.8. The van der Waals surface area contributed by atoms with E-state index in [1.165, 1.54) is 122 Å². The van der Waals surface area contributed by atoms with Crippen molar-refractivity contribution in [1.82, 2.24) is 5.32 Å². The van der Waals surface area contributed by atoms with Crippen LogP contribution in [0.2, 0.25) is 0 Å². The van der Waals surface area contributed by atoms with Gasteiger partial charge in [-0.1, -0.05) is 222 Å². The van der Waals surface area contributed by atoms with Gasteiger partial charge in [0.2, 0.25) is 5.91 Å². The Bertz CT molecular complexity index is 1460. The van der Waals surface area contributed by atoms with Crippen LogP contribution in [-0.4, -0.2) is 69.4 Å². The summed E-state index contributed by atoms with van der Waals surface area (Å²) in [4.78, 5) is 39.9. The molecule has 0 aliphatic carbocycles. The Morgan fingerprint density at radius 3 is 1.36 bits per heavy atom. The van der Waals surface area contributed by atoms with Crippen LogP contribution in [0.4, 0.5) is 0 Å². The third kappa shape index (κ3) is 52.3. The van der Waals surface area contributed by atoms with Crippen LogP contribution in [0.5, 0.6) is 0 Å². The molecule has 0 bridgehead atoms. The van der Waals surface area contributed by atoms with Crippen LogP contribution >= 0.6 is 7.82 Å². The number of phosphoric acid groups is 1. The summed E-state index contributed by atoms with van der Waals surface area (Å²) in [7, 11) is 1.16. The highest BCUT2D eigenvalue weighted by Gasteiger charge is 2.27. The molecule has 0 heterocycles. The van der Waals surface area contributed by atoms with E-state index in [0.717, 1.165) is 96.3 Å². The Hall–Kier alpha value is -2.55. The van der Waals surface area contributed by atoms with Gasteiger partial charge in [0.15, 0.2) is 0 Å². The highest BCUT2D eigenvalue weighted by Crippen LogP contribution is 2.38. The SMILES string of the molecule is CC/C=C/C/C=C/C/C=C/C/C=C/CCCCCC(=O)NC(COP(=O)([O-])OCC[N+](C)(C)C)C(/C=C/CCCCCCCCCCCCC)OC(=O)CCCCCCCCC/C=C/CCCCCCCC. The molecule has 10 heteroatoms. The first-order chi connectivity index (χ1) is 34.9. The van der Waals surface area contributed by atoms with Crippen LogP contribution in [-0.2, 0) is 27.9 Å². The molecule has 0 saturated heterocycles. The van der Waals surface area contributed by atoms with Crippen molar-refractivity contribution >= 4 is 19.7 Å². The number of carbonyl (C=O) groups is 2. The van der Waals surface area contributed by atoms with Gasteiger partial charge in [0.1, 0.15) is 19.3 Å². The maximum absolute atomic E-state index is 13.5. The van der Waals surface area contributed by atoms with Crippen LogP contribution in [0.25, 0.3) is 0 Å². The summed E-state index contributed by atoms with van der Waals surface area (Å²) in [6, 6.07) is -0.908. The lowest BCUT2D eigenvalue weighted by molar-refractivity contribution is -0.870. The van der Waals surface area contributed by atoms with Crippen LogP contribution in [0.15, 0.2) is 72.9 Å². The molecule has 0 aromatic rings. The first kappa shape index (κ1) is 69.5. The molecule has 72 heavy (non-hydrogen) atoms. The lowest BCUT2D eigenvalue weighted by atomic mass is 10.0. The normalized spacial score (nSPS) is 14.3. The molecule has 0 aromatic heterocycles. The van der Waals surface area contributed by atoms with Crippen LogP contribution < -0.4 is 10.2 Å². The number of ether oxygens (including phenoxy) is 1. The van der Waals surface area contributed by atoms with Gasteiger partial charge in [0.25, 0.3) is 7.82 Å². The zero-order valence-corrected chi connectivity index (χ0v) is 48.5. The fraction of sp³-hybridized carbons (Fsp3) is 0.774. The summed E-state index contributed by atoms with van der Waals surface area (Å²) < 4.78 is 30.3. The number of esters is 1. The predicted octanol–water partition coefficient (Wildman–Crippen LogP) is 17.4. The second-order valence-electron chi connectivity index (χ2n) is 21.1. The van der Waals surface area contributed by atoms with E-state index in [2.05, 4.69) is 86.8 Å². The van der Waals surface area contributed by atoms with Gasteiger partial charge in [0, 0.05) is 12.8 Å². The van der Waals surface area contributed by atoms with E-state index >= 15 is 0 Å². The summed E-state index contributed by atoms with van der Waals surface area (Å²) in [5, 5.41) is 3.01. The number of carbonyl (C=O) groups excluding carboxylic acids is 2. The molecule has 0 aliphatic rings. The Morgan fingerprint density at radius 1 is 0.500 bits per heavy atom. The van der Waals surface area contributed by atoms with Crippen molar-refractivity contribution in [1.29, 1.82) is 0 Å². The number of phosphoric ester groups is 1. The molecule has 0 radical (unpaired) electrons. The van der Waals surface area contributed by atoms with E-state index in [-0.39, 0.29) is 31.3 Å². The van der Waals surface area contributed by atoms with E-state index < -0.39 is 26.6 Å². The topological polar surface area (TPSA) is 114 Å². The number of hydrogen-bond acceptors (Lipinski definition) is 7. The zero-order valence-electron chi connectivity index (χ0n) is 47.6. The Morgan fingerprint density at radius 2 is 0.889 bits per heavy atom. The monoisotopic (exact) mass is 1030 g/mol. The van der Waals surface area contributed by atoms with Crippen molar-refractivity contribution in [3.05, 3.63) is 72.9 Å². The highest BCUT2D eigenvalue weighted by molar-refractivity contribution is 7.45. The third-order valence-electron chi connectivity index (χ3n) is 12.9. The molecular weight excluding hydrogens is 916 g/mol. The number of allylic oxidation sites excluding steroid dienone is 11. The second kappa shape index (κ2) is 51.9. The lowest BCUT2D eigenvalue weighted by Crippen LogP contribution is -2.47. The standard InChI is InChI=1S/C62H113N2O7P/c1-7-10-13-16-19-22-25-28-30-32-34-37-40-43-46-49-52-55-62(66)71-60(53-50-47-44-41-38-35-27-24-21-18-15-12-9-3)59(58-70-72(67,68)69-57-56-64(4,5)6)63-61(65)54-51-48-45-42-39-36-33-31-29-26-23-20-17-14-11-8-2/h11,14,20,23,28-31,36,39,50,53,59-60H,7-10,12-13,15-19,21-22,24-27,32-35,37-38,40-49,51-52,54-58H2,1-6H3,(H-,63,65,67,68)/b14-11+,23-20+,30-28+,31-29+,39-36+,53-50+. The maximum Gasteiger partial charge on any atom is 0.306 e. The fourth-order valence-electron chi connectivity index (χ4n) is 8.27. The van der Waals surface area contributed by atoms with Crippen molar-refractivity contribution in [3.8, 4) is 0 Å². The molecule has 1 N–H and O–H groups in total. The number of likely N-dealkylation sites (N-methyl/N-ethyl adjacent to an activating group) is 1. The Balaban J connectivity index is 5.40. The van der Waals surface area contributed by atoms with Gasteiger partial charge in [-0.05, 0) is 96.0 Å². The van der Waals surface area contributed by atoms with Crippen molar-refractivity contribution < 1.29 is 37.3 Å². The van der Waals surface area contributed by atoms with E-state index in [0.29, 0.717) is 17.4 Å². The van der Waals surface area contributed by atoms with Crippen LogP contribution in [0.1, 0.15) is 258 Å². The lowest BCUT2D eigenvalue weighted by Gasteiger charge is -2.30. The first-order valence-electron chi connectivity index (χ1n) is 29.7. The molecule has 1 amide bonds. The molecule has 9 nitrogen and oxygen atoms in total. The molecule has 0 aromatic carbocycles. The molecule has 3 atom stereocenters. The van der Waals surface area contributed by atoms with Crippen molar-refractivity contribution in [2.45, 2.75) is 270 Å².